The molecule has 122 valence electrons. The maximum Gasteiger partial charge on any atom is 0.267 e. The van der Waals surface area contributed by atoms with Crippen molar-refractivity contribution in [3.8, 4) is 5.75 Å². The van der Waals surface area contributed by atoms with Crippen molar-refractivity contribution < 1.29 is 9.53 Å². The van der Waals surface area contributed by atoms with Crippen molar-refractivity contribution in [2.24, 2.45) is 5.10 Å². The molecule has 1 aromatic heterocycles. The molecule has 0 radical (unpaired) electrons. The molecule has 3 N–H and O–H groups in total. The van der Waals surface area contributed by atoms with Crippen LogP contribution in [-0.4, -0.2) is 28.9 Å². The number of hydrogen-bond acceptors (Lipinski definition) is 4. The van der Waals surface area contributed by atoms with E-state index in [1.54, 1.807) is 13.1 Å². The smallest absolute Gasteiger partial charge is 0.267 e. The van der Waals surface area contributed by atoms with Crippen LogP contribution in [0.1, 0.15) is 30.2 Å². The second-order valence-electron chi connectivity index (χ2n) is 4.98. The van der Waals surface area contributed by atoms with Crippen molar-refractivity contribution in [3.05, 3.63) is 51.4 Å². The number of carbonyl (C=O) groups is 1. The molecule has 7 nitrogen and oxygen atoms in total. The quantitative estimate of drug-likeness (QED) is 0.533. The summed E-state index contributed by atoms with van der Waals surface area (Å²) in [7, 11) is 0. The summed E-state index contributed by atoms with van der Waals surface area (Å²) in [6.07, 6.45) is 2.12. The van der Waals surface area contributed by atoms with Gasteiger partial charge in [-0.25, -0.2) is 5.43 Å². The summed E-state index contributed by atoms with van der Waals surface area (Å²) in [5.41, 5.74) is 4.46. The van der Waals surface area contributed by atoms with Crippen LogP contribution in [0.2, 0.25) is 0 Å². The van der Waals surface area contributed by atoms with Gasteiger partial charge >= 0.3 is 0 Å². The number of hydrazone groups is 1. The minimum atomic E-state index is -0.243. The highest BCUT2D eigenvalue weighted by molar-refractivity contribution is 5.82. The number of rotatable bonds is 7. The van der Waals surface area contributed by atoms with E-state index in [0.29, 0.717) is 18.6 Å². The van der Waals surface area contributed by atoms with E-state index < -0.39 is 0 Å². The van der Waals surface area contributed by atoms with Crippen LogP contribution in [0.15, 0.2) is 34.2 Å². The Hall–Kier alpha value is -2.83. The fourth-order valence-corrected chi connectivity index (χ4v) is 2.06. The number of ether oxygens (including phenoxy) is 1. The number of H-pyrrole nitrogens is 2. The van der Waals surface area contributed by atoms with E-state index in [4.69, 9.17) is 4.74 Å². The van der Waals surface area contributed by atoms with Crippen molar-refractivity contribution in [1.82, 2.24) is 15.6 Å². The molecule has 0 fully saturated rings. The third-order valence-corrected chi connectivity index (χ3v) is 3.29. The Morgan fingerprint density at radius 1 is 1.30 bits per heavy atom. The molecular formula is C16H20N4O3. The zero-order valence-electron chi connectivity index (χ0n) is 13.2. The normalized spacial score (nSPS) is 10.9. The van der Waals surface area contributed by atoms with Gasteiger partial charge in [0.05, 0.1) is 12.8 Å². The van der Waals surface area contributed by atoms with Gasteiger partial charge in [0.25, 0.3) is 5.56 Å². The van der Waals surface area contributed by atoms with E-state index >= 15 is 0 Å². The SMILES string of the molecule is CCOc1ccc(C=NNC(=O)CCc2c(C)[nH][nH]c2=O)cc1. The van der Waals surface area contributed by atoms with E-state index in [0.717, 1.165) is 17.0 Å². The molecule has 0 saturated carbocycles. The molecule has 0 saturated heterocycles. The van der Waals surface area contributed by atoms with Crippen molar-refractivity contribution in [2.75, 3.05) is 6.61 Å². The molecule has 0 aliphatic heterocycles. The van der Waals surface area contributed by atoms with Crippen LogP contribution in [0.5, 0.6) is 5.75 Å². The van der Waals surface area contributed by atoms with Gasteiger partial charge in [-0.3, -0.25) is 14.7 Å². The summed E-state index contributed by atoms with van der Waals surface area (Å²) in [6, 6.07) is 7.38. The number of amides is 1. The number of nitrogens with one attached hydrogen (secondary N) is 3. The second kappa shape index (κ2) is 7.98. The molecular weight excluding hydrogens is 296 g/mol. The Bertz CT molecular complexity index is 729. The summed E-state index contributed by atoms with van der Waals surface area (Å²) >= 11 is 0. The molecule has 0 aliphatic rings. The summed E-state index contributed by atoms with van der Waals surface area (Å²) < 4.78 is 5.35. The minimum absolute atomic E-state index is 0.187. The highest BCUT2D eigenvalue weighted by atomic mass is 16.5. The monoisotopic (exact) mass is 316 g/mol. The van der Waals surface area contributed by atoms with Gasteiger partial charge in [-0.05, 0) is 50.1 Å². The Kier molecular flexibility index (Phi) is 5.74. The number of aromatic amines is 2. The van der Waals surface area contributed by atoms with Gasteiger partial charge in [0.15, 0.2) is 0 Å². The van der Waals surface area contributed by atoms with E-state index in [2.05, 4.69) is 20.7 Å². The first-order valence-corrected chi connectivity index (χ1v) is 7.41. The molecule has 23 heavy (non-hydrogen) atoms. The lowest BCUT2D eigenvalue weighted by molar-refractivity contribution is -0.121. The lowest BCUT2D eigenvalue weighted by Crippen LogP contribution is -2.19. The van der Waals surface area contributed by atoms with E-state index in [1.165, 1.54) is 0 Å². The minimum Gasteiger partial charge on any atom is -0.494 e. The third-order valence-electron chi connectivity index (χ3n) is 3.29. The zero-order chi connectivity index (χ0) is 16.7. The predicted octanol–water partition coefficient (Wildman–Crippen LogP) is 1.49. The Labute approximate surface area is 133 Å². The van der Waals surface area contributed by atoms with Gasteiger partial charge in [0, 0.05) is 17.7 Å². The van der Waals surface area contributed by atoms with Gasteiger partial charge in [-0.2, -0.15) is 5.10 Å². The number of benzene rings is 1. The van der Waals surface area contributed by atoms with Gasteiger partial charge < -0.3 is 9.84 Å². The van der Waals surface area contributed by atoms with Crippen LogP contribution >= 0.6 is 0 Å². The maximum atomic E-state index is 11.7. The van der Waals surface area contributed by atoms with Crippen LogP contribution in [0.3, 0.4) is 0 Å². The average molecular weight is 316 g/mol. The van der Waals surface area contributed by atoms with Gasteiger partial charge in [-0.1, -0.05) is 0 Å². The molecule has 1 amide bonds. The first kappa shape index (κ1) is 16.5. The molecule has 1 heterocycles. The fraction of sp³-hybridized carbons (Fsp3) is 0.312. The summed E-state index contributed by atoms with van der Waals surface area (Å²) in [4.78, 5) is 23.2. The second-order valence-corrected chi connectivity index (χ2v) is 4.98. The maximum absolute atomic E-state index is 11.7. The van der Waals surface area contributed by atoms with Gasteiger partial charge in [0.1, 0.15) is 5.75 Å². The number of carbonyl (C=O) groups excluding carboxylic acids is 1. The highest BCUT2D eigenvalue weighted by Gasteiger charge is 2.08. The van der Waals surface area contributed by atoms with Crippen LogP contribution < -0.4 is 15.7 Å². The standard InChI is InChI=1S/C16H20N4O3/c1-3-23-13-6-4-12(5-7-13)10-17-19-15(21)9-8-14-11(2)18-20-16(14)22/h4-7,10H,3,8-9H2,1-2H3,(H,19,21)(H2,18,20,22). The Balaban J connectivity index is 1.80. The molecule has 2 aromatic rings. The topological polar surface area (TPSA) is 99.3 Å². The lowest BCUT2D eigenvalue weighted by Gasteiger charge is -2.02. The molecule has 1 aromatic carbocycles. The van der Waals surface area contributed by atoms with Gasteiger partial charge in [-0.15, -0.1) is 0 Å². The molecule has 0 spiro atoms. The van der Waals surface area contributed by atoms with E-state index in [-0.39, 0.29) is 17.9 Å². The Morgan fingerprint density at radius 3 is 2.65 bits per heavy atom. The van der Waals surface area contributed by atoms with Crippen LogP contribution in [0.25, 0.3) is 0 Å². The molecule has 7 heteroatoms. The van der Waals surface area contributed by atoms with Crippen LogP contribution in [0, 0.1) is 6.92 Å². The molecule has 0 aliphatic carbocycles. The van der Waals surface area contributed by atoms with E-state index in [1.807, 2.05) is 31.2 Å². The van der Waals surface area contributed by atoms with Crippen molar-refractivity contribution in [2.45, 2.75) is 26.7 Å². The number of hydrogen-bond donors (Lipinski definition) is 3. The van der Waals surface area contributed by atoms with E-state index in [9.17, 15) is 9.59 Å². The number of nitrogens with zero attached hydrogens (tertiary/aromatic N) is 1. The highest BCUT2D eigenvalue weighted by Crippen LogP contribution is 2.10. The Morgan fingerprint density at radius 2 is 2.04 bits per heavy atom. The summed E-state index contributed by atoms with van der Waals surface area (Å²) in [5, 5.41) is 9.12. The molecule has 0 atom stereocenters. The largest absolute Gasteiger partial charge is 0.494 e. The summed E-state index contributed by atoms with van der Waals surface area (Å²) in [5.74, 6) is 0.549. The third kappa shape index (κ3) is 4.84. The van der Waals surface area contributed by atoms with Crippen LogP contribution in [0.4, 0.5) is 0 Å². The summed E-state index contributed by atoms with van der Waals surface area (Å²) in [6.45, 7) is 4.33. The molecule has 0 unspecified atom stereocenters. The zero-order valence-corrected chi connectivity index (χ0v) is 13.2. The van der Waals surface area contributed by atoms with Crippen molar-refractivity contribution in [3.63, 3.8) is 0 Å². The number of aryl methyl sites for hydroxylation is 1. The average Bonchev–Trinajstić information content (AvgIpc) is 2.86. The van der Waals surface area contributed by atoms with Crippen molar-refractivity contribution >= 4 is 12.1 Å². The fourth-order valence-electron chi connectivity index (χ4n) is 2.06. The molecule has 0 bridgehead atoms. The lowest BCUT2D eigenvalue weighted by atomic mass is 10.1. The number of aromatic nitrogens is 2. The van der Waals surface area contributed by atoms with Crippen molar-refractivity contribution in [1.29, 1.82) is 0 Å². The first-order valence-electron chi connectivity index (χ1n) is 7.41. The van der Waals surface area contributed by atoms with Gasteiger partial charge in [0.2, 0.25) is 5.91 Å². The predicted molar refractivity (Wildman–Crippen MR) is 87.8 cm³/mol. The molecule has 2 rings (SSSR count). The van der Waals surface area contributed by atoms with Crippen LogP contribution in [-0.2, 0) is 11.2 Å². The first-order chi connectivity index (χ1) is 11.1.